The molecule has 0 N–H and O–H groups in total. The van der Waals surface area contributed by atoms with Crippen LogP contribution in [0.25, 0.3) is 10.2 Å². The van der Waals surface area contributed by atoms with Gasteiger partial charge in [0, 0.05) is 50.1 Å². The van der Waals surface area contributed by atoms with Gasteiger partial charge >= 0.3 is 0 Å². The molecule has 13 heteroatoms. The first-order valence-corrected chi connectivity index (χ1v) is 15.7. The van der Waals surface area contributed by atoms with Gasteiger partial charge in [-0.05, 0) is 68.8 Å². The number of carbonyl (C=O) groups excluding carboxylic acids is 1. The van der Waals surface area contributed by atoms with Gasteiger partial charge in [-0.3, -0.25) is 14.4 Å². The predicted octanol–water partition coefficient (Wildman–Crippen LogP) is 4.70. The Morgan fingerprint density at radius 3 is 2.24 bits per heavy atom. The average Bonchev–Trinajstić information content (AvgIpc) is 3.50. The molecule has 0 radical (unpaired) electrons. The lowest BCUT2D eigenvalue weighted by atomic mass is 10.2. The largest absolute Gasteiger partial charge is 0.383 e. The van der Waals surface area contributed by atoms with E-state index >= 15 is 0 Å². The van der Waals surface area contributed by atoms with Crippen molar-refractivity contribution in [3.8, 4) is 0 Å². The smallest absolute Gasteiger partial charge is 0.260 e. The first kappa shape index (κ1) is 31.1. The van der Waals surface area contributed by atoms with E-state index in [0.717, 1.165) is 27.2 Å². The molecule has 0 saturated heterocycles. The van der Waals surface area contributed by atoms with Gasteiger partial charge in [0.25, 0.3) is 5.91 Å². The molecule has 2 aromatic carbocycles. The number of aromatic nitrogens is 3. The molecule has 0 aliphatic heterocycles. The number of anilines is 1. The van der Waals surface area contributed by atoms with Crippen LogP contribution in [0.3, 0.4) is 0 Å². The summed E-state index contributed by atoms with van der Waals surface area (Å²) in [6.07, 6.45) is 0. The number of ether oxygens (including phenoxy) is 2. The standard InChI is InChI=1S/C28H34ClN5O5S2/c1-19-16-23(29)18-25-26(19)30-28(40-25)33(10-11-34-21(3)17-20(2)31-34)27(35)22-6-8-24(9-7-22)41(36,37)32(12-14-38-4)13-15-39-5/h6-9,16-18H,10-15H2,1-5H3. The average molecular weight is 620 g/mol. The van der Waals surface area contributed by atoms with E-state index in [1.165, 1.54) is 54.1 Å². The van der Waals surface area contributed by atoms with Crippen LogP contribution in [0, 0.1) is 20.8 Å². The lowest BCUT2D eigenvalue weighted by molar-refractivity contribution is 0.0985. The normalized spacial score (nSPS) is 12.0. The number of fused-ring (bicyclic) bond motifs is 1. The highest BCUT2D eigenvalue weighted by Gasteiger charge is 2.26. The van der Waals surface area contributed by atoms with Crippen LogP contribution in [0.2, 0.25) is 5.02 Å². The van der Waals surface area contributed by atoms with Crippen molar-refractivity contribution in [2.75, 3.05) is 52.0 Å². The Balaban J connectivity index is 1.65. The third kappa shape index (κ3) is 7.14. The number of thiazole rings is 1. The van der Waals surface area contributed by atoms with E-state index in [1.54, 1.807) is 4.90 Å². The summed E-state index contributed by atoms with van der Waals surface area (Å²) in [7, 11) is -0.787. The molecule has 0 fully saturated rings. The molecule has 0 spiro atoms. The van der Waals surface area contributed by atoms with Crippen molar-refractivity contribution < 1.29 is 22.7 Å². The topological polar surface area (TPSA) is 107 Å². The summed E-state index contributed by atoms with van der Waals surface area (Å²) < 4.78 is 40.9. The zero-order valence-corrected chi connectivity index (χ0v) is 26.1. The number of nitrogens with zero attached hydrogens (tertiary/aromatic N) is 5. The third-order valence-corrected chi connectivity index (χ3v) is 9.74. The summed E-state index contributed by atoms with van der Waals surface area (Å²) in [6, 6.07) is 11.6. The molecule has 2 aromatic heterocycles. The van der Waals surface area contributed by atoms with E-state index in [2.05, 4.69) is 5.10 Å². The van der Waals surface area contributed by atoms with Crippen LogP contribution in [0.1, 0.15) is 27.3 Å². The molecule has 10 nitrogen and oxygen atoms in total. The number of methoxy groups -OCH3 is 2. The van der Waals surface area contributed by atoms with Crippen LogP contribution in [-0.4, -0.2) is 80.5 Å². The van der Waals surface area contributed by atoms with Crippen LogP contribution in [-0.2, 0) is 26.0 Å². The molecule has 220 valence electrons. The van der Waals surface area contributed by atoms with E-state index < -0.39 is 10.0 Å². The fourth-order valence-electron chi connectivity index (χ4n) is 4.45. The minimum Gasteiger partial charge on any atom is -0.383 e. The summed E-state index contributed by atoms with van der Waals surface area (Å²) in [5.74, 6) is -0.297. The highest BCUT2D eigenvalue weighted by molar-refractivity contribution is 7.89. The van der Waals surface area contributed by atoms with Crippen LogP contribution in [0.15, 0.2) is 47.4 Å². The van der Waals surface area contributed by atoms with Crippen molar-refractivity contribution in [3.63, 3.8) is 0 Å². The Morgan fingerprint density at radius 1 is 1.00 bits per heavy atom. The minimum absolute atomic E-state index is 0.0840. The molecule has 2 heterocycles. The number of rotatable bonds is 13. The van der Waals surface area contributed by atoms with E-state index in [9.17, 15) is 13.2 Å². The maximum atomic E-state index is 13.9. The molecule has 0 saturated carbocycles. The number of aryl methyl sites for hydroxylation is 3. The summed E-state index contributed by atoms with van der Waals surface area (Å²) in [5, 5.41) is 5.66. The van der Waals surface area contributed by atoms with Crippen LogP contribution in [0.4, 0.5) is 5.13 Å². The fraction of sp³-hybridized carbons (Fsp3) is 0.393. The lowest BCUT2D eigenvalue weighted by Gasteiger charge is -2.22. The molecular formula is C28H34ClN5O5S2. The summed E-state index contributed by atoms with van der Waals surface area (Å²) in [5.41, 5.74) is 3.93. The molecular weight excluding hydrogens is 586 g/mol. The van der Waals surface area contributed by atoms with E-state index in [0.29, 0.717) is 28.8 Å². The van der Waals surface area contributed by atoms with Gasteiger partial charge in [-0.25, -0.2) is 13.4 Å². The van der Waals surface area contributed by atoms with Gasteiger partial charge in [-0.15, -0.1) is 0 Å². The van der Waals surface area contributed by atoms with Crippen molar-refractivity contribution in [1.29, 1.82) is 0 Å². The third-order valence-electron chi connectivity index (χ3n) is 6.58. The van der Waals surface area contributed by atoms with Crippen molar-refractivity contribution in [2.24, 2.45) is 0 Å². The molecule has 4 rings (SSSR count). The summed E-state index contributed by atoms with van der Waals surface area (Å²) >= 11 is 7.66. The number of benzene rings is 2. The SMILES string of the molecule is COCCN(CCOC)S(=O)(=O)c1ccc(C(=O)N(CCn2nc(C)cc2C)c2nc3c(C)cc(Cl)cc3s2)cc1. The Labute approximate surface area is 249 Å². The van der Waals surface area contributed by atoms with Gasteiger partial charge in [0.2, 0.25) is 10.0 Å². The quantitative estimate of drug-likeness (QED) is 0.213. The van der Waals surface area contributed by atoms with E-state index in [1.807, 2.05) is 43.7 Å². The molecule has 0 unspecified atom stereocenters. The van der Waals surface area contributed by atoms with Gasteiger partial charge in [-0.1, -0.05) is 22.9 Å². The fourth-order valence-corrected chi connectivity index (χ4v) is 7.30. The van der Waals surface area contributed by atoms with Gasteiger partial charge < -0.3 is 9.47 Å². The van der Waals surface area contributed by atoms with Crippen molar-refractivity contribution in [2.45, 2.75) is 32.2 Å². The highest BCUT2D eigenvalue weighted by atomic mass is 35.5. The molecule has 41 heavy (non-hydrogen) atoms. The Hall–Kier alpha value is -2.87. The molecule has 1 amide bonds. The maximum absolute atomic E-state index is 13.9. The minimum atomic E-state index is -3.82. The van der Waals surface area contributed by atoms with Crippen molar-refractivity contribution >= 4 is 54.2 Å². The van der Waals surface area contributed by atoms with E-state index in [-0.39, 0.29) is 37.1 Å². The van der Waals surface area contributed by atoms with Crippen molar-refractivity contribution in [1.82, 2.24) is 19.1 Å². The highest BCUT2D eigenvalue weighted by Crippen LogP contribution is 2.34. The monoisotopic (exact) mass is 619 g/mol. The number of amides is 1. The second-order valence-corrected chi connectivity index (χ2v) is 13.0. The van der Waals surface area contributed by atoms with Crippen LogP contribution < -0.4 is 4.90 Å². The van der Waals surface area contributed by atoms with Gasteiger partial charge in [0.05, 0.1) is 40.6 Å². The number of hydrogen-bond donors (Lipinski definition) is 0. The lowest BCUT2D eigenvalue weighted by Crippen LogP contribution is -2.36. The van der Waals surface area contributed by atoms with Gasteiger partial charge in [-0.2, -0.15) is 9.40 Å². The zero-order valence-electron chi connectivity index (χ0n) is 23.8. The predicted molar refractivity (Wildman–Crippen MR) is 162 cm³/mol. The Bertz CT molecular complexity index is 1610. The Kier molecular flexibility index (Phi) is 10.2. The number of halogens is 1. The molecule has 4 aromatic rings. The Morgan fingerprint density at radius 2 is 1.66 bits per heavy atom. The molecule has 0 aliphatic carbocycles. The number of hydrogen-bond acceptors (Lipinski definition) is 8. The second kappa shape index (κ2) is 13.4. The second-order valence-electron chi connectivity index (χ2n) is 9.59. The van der Waals surface area contributed by atoms with Gasteiger partial charge in [0.1, 0.15) is 0 Å². The van der Waals surface area contributed by atoms with Crippen LogP contribution in [0.5, 0.6) is 0 Å². The van der Waals surface area contributed by atoms with Crippen LogP contribution >= 0.6 is 22.9 Å². The summed E-state index contributed by atoms with van der Waals surface area (Å²) in [4.78, 5) is 20.4. The first-order valence-electron chi connectivity index (χ1n) is 13.0. The maximum Gasteiger partial charge on any atom is 0.260 e. The number of sulfonamides is 1. The molecule has 0 aliphatic rings. The number of carbonyl (C=O) groups is 1. The van der Waals surface area contributed by atoms with Gasteiger partial charge in [0.15, 0.2) is 5.13 Å². The molecule has 0 atom stereocenters. The molecule has 0 bridgehead atoms. The van der Waals surface area contributed by atoms with E-state index in [4.69, 9.17) is 26.1 Å². The first-order chi connectivity index (χ1) is 19.5. The van der Waals surface area contributed by atoms with Crippen molar-refractivity contribution in [3.05, 3.63) is 70.0 Å². The summed E-state index contributed by atoms with van der Waals surface area (Å²) in [6.45, 7) is 7.46. The zero-order chi connectivity index (χ0) is 29.7.